The van der Waals surface area contributed by atoms with Crippen LogP contribution in [0.3, 0.4) is 0 Å². The molecule has 146 valence electrons. The van der Waals surface area contributed by atoms with E-state index in [0.29, 0.717) is 6.04 Å². The minimum Gasteiger partial charge on any atom is -0.332 e. The number of hydrogen-bond donors (Lipinski definition) is 1. The van der Waals surface area contributed by atoms with E-state index in [1.165, 1.54) is 18.4 Å². The maximum atomic E-state index is 4.72. The number of rotatable bonds is 7. The fourth-order valence-corrected chi connectivity index (χ4v) is 4.79. The minimum absolute atomic E-state index is 0.497. The molecule has 3 heterocycles. The molecule has 1 N–H and O–H groups in total. The molecule has 1 aliphatic rings. The predicted molar refractivity (Wildman–Crippen MR) is 118 cm³/mol. The number of aromatic nitrogens is 5. The Bertz CT molecular complexity index is 1100. The summed E-state index contributed by atoms with van der Waals surface area (Å²) < 4.78 is 2.26. The molecule has 1 aromatic carbocycles. The third kappa shape index (κ3) is 4.18. The molecule has 0 unspecified atom stereocenters. The van der Waals surface area contributed by atoms with Gasteiger partial charge in [0.25, 0.3) is 0 Å². The van der Waals surface area contributed by atoms with E-state index in [9.17, 15) is 0 Å². The van der Waals surface area contributed by atoms with E-state index in [1.54, 1.807) is 29.3 Å². The Hall–Kier alpha value is -2.71. The van der Waals surface area contributed by atoms with Crippen molar-refractivity contribution < 1.29 is 0 Å². The van der Waals surface area contributed by atoms with Gasteiger partial charge in [0.05, 0.1) is 5.69 Å². The lowest BCUT2D eigenvalue weighted by atomic mass is 10.2. The number of pyridine rings is 1. The van der Waals surface area contributed by atoms with E-state index >= 15 is 0 Å². The van der Waals surface area contributed by atoms with E-state index in [2.05, 4.69) is 61.6 Å². The number of nitrogens with zero attached hydrogens (tertiary/aromatic N) is 5. The van der Waals surface area contributed by atoms with Gasteiger partial charge in [0.1, 0.15) is 0 Å². The van der Waals surface area contributed by atoms with Gasteiger partial charge < -0.3 is 5.32 Å². The fraction of sp³-hybridized carbons (Fsp3) is 0.238. The third-order valence-electron chi connectivity index (χ3n) is 4.70. The molecule has 0 aliphatic heterocycles. The first-order chi connectivity index (χ1) is 14.3. The van der Waals surface area contributed by atoms with Crippen molar-refractivity contribution in [1.29, 1.82) is 0 Å². The molecule has 0 saturated heterocycles. The van der Waals surface area contributed by atoms with Crippen molar-refractivity contribution in [3.05, 3.63) is 65.4 Å². The highest BCUT2D eigenvalue weighted by atomic mass is 32.2. The monoisotopic (exact) mass is 420 g/mol. The summed E-state index contributed by atoms with van der Waals surface area (Å²) in [5.74, 6) is 1.67. The van der Waals surface area contributed by atoms with Crippen LogP contribution < -0.4 is 5.32 Å². The maximum absolute atomic E-state index is 4.72. The molecule has 29 heavy (non-hydrogen) atoms. The average Bonchev–Trinajstić information content (AvgIpc) is 3.34. The van der Waals surface area contributed by atoms with Gasteiger partial charge in [0.15, 0.2) is 16.1 Å². The Labute approximate surface area is 177 Å². The molecule has 1 saturated carbocycles. The van der Waals surface area contributed by atoms with Crippen molar-refractivity contribution in [1.82, 2.24) is 24.7 Å². The zero-order valence-electron chi connectivity index (χ0n) is 15.9. The van der Waals surface area contributed by atoms with Crippen molar-refractivity contribution in [2.24, 2.45) is 0 Å². The summed E-state index contributed by atoms with van der Waals surface area (Å²) in [6, 6.07) is 12.8. The first-order valence-corrected chi connectivity index (χ1v) is 11.4. The van der Waals surface area contributed by atoms with Crippen LogP contribution in [0.4, 0.5) is 10.8 Å². The van der Waals surface area contributed by atoms with Crippen LogP contribution in [-0.2, 0) is 5.75 Å². The van der Waals surface area contributed by atoms with Gasteiger partial charge >= 0.3 is 0 Å². The summed E-state index contributed by atoms with van der Waals surface area (Å²) in [6.07, 6.45) is 5.99. The molecule has 1 fully saturated rings. The van der Waals surface area contributed by atoms with E-state index < -0.39 is 0 Å². The predicted octanol–water partition coefficient (Wildman–Crippen LogP) is 5.48. The lowest BCUT2D eigenvalue weighted by molar-refractivity contribution is 0.669. The number of aryl methyl sites for hydroxylation is 1. The number of anilines is 2. The van der Waals surface area contributed by atoms with E-state index in [1.807, 2.05) is 18.3 Å². The second-order valence-corrected chi connectivity index (χ2v) is 8.87. The molecule has 4 aromatic rings. The molecule has 5 rings (SSSR count). The van der Waals surface area contributed by atoms with Crippen LogP contribution >= 0.6 is 23.1 Å². The first-order valence-electron chi connectivity index (χ1n) is 9.52. The van der Waals surface area contributed by atoms with Crippen molar-refractivity contribution >= 4 is 33.9 Å². The Morgan fingerprint density at radius 3 is 2.79 bits per heavy atom. The van der Waals surface area contributed by atoms with Crippen LogP contribution in [0.5, 0.6) is 0 Å². The van der Waals surface area contributed by atoms with Gasteiger partial charge in [-0.15, -0.1) is 21.5 Å². The zero-order chi connectivity index (χ0) is 19.6. The molecular weight excluding hydrogens is 400 g/mol. The van der Waals surface area contributed by atoms with Crippen LogP contribution in [0.25, 0.3) is 11.4 Å². The topological polar surface area (TPSA) is 68.5 Å². The van der Waals surface area contributed by atoms with Crippen molar-refractivity contribution in [2.45, 2.75) is 36.7 Å². The summed E-state index contributed by atoms with van der Waals surface area (Å²) in [4.78, 5) is 8.94. The number of nitrogens with one attached hydrogen (secondary N) is 1. The van der Waals surface area contributed by atoms with Crippen LogP contribution in [-0.4, -0.2) is 24.7 Å². The Kier molecular flexibility index (Phi) is 5.03. The summed E-state index contributed by atoms with van der Waals surface area (Å²) in [5.41, 5.74) is 4.36. The van der Waals surface area contributed by atoms with E-state index in [-0.39, 0.29) is 0 Å². The van der Waals surface area contributed by atoms with Crippen LogP contribution in [0, 0.1) is 6.92 Å². The van der Waals surface area contributed by atoms with E-state index in [0.717, 1.165) is 38.8 Å². The molecular formula is C21H20N6S2. The maximum Gasteiger partial charge on any atom is 0.192 e. The lowest BCUT2D eigenvalue weighted by Gasteiger charge is -2.08. The van der Waals surface area contributed by atoms with Gasteiger partial charge in [0, 0.05) is 40.8 Å². The van der Waals surface area contributed by atoms with Crippen molar-refractivity contribution in [3.63, 3.8) is 0 Å². The smallest absolute Gasteiger partial charge is 0.192 e. The molecule has 1 aliphatic carbocycles. The third-order valence-corrected chi connectivity index (χ3v) is 6.48. The van der Waals surface area contributed by atoms with Crippen molar-refractivity contribution in [3.8, 4) is 11.4 Å². The number of thiazole rings is 1. The molecule has 0 spiro atoms. The second kappa shape index (κ2) is 7.96. The van der Waals surface area contributed by atoms with Gasteiger partial charge in [-0.1, -0.05) is 29.5 Å². The largest absolute Gasteiger partial charge is 0.332 e. The molecule has 0 radical (unpaired) electrons. The Morgan fingerprint density at radius 1 is 1.17 bits per heavy atom. The standard InChI is InChI=1S/C21H20N6S2/c1-14-4-6-16(7-5-14)23-20-24-17(12-28-20)13-29-21-26-25-19(27(21)18-8-9-18)15-3-2-10-22-11-15/h2-7,10-12,18H,8-9,13H2,1H3,(H,23,24). The minimum atomic E-state index is 0.497. The van der Waals surface area contributed by atoms with Gasteiger partial charge in [-0.2, -0.15) is 0 Å². The highest BCUT2D eigenvalue weighted by molar-refractivity contribution is 7.98. The van der Waals surface area contributed by atoms with Crippen LogP contribution in [0.2, 0.25) is 0 Å². The number of hydrogen-bond acceptors (Lipinski definition) is 7. The van der Waals surface area contributed by atoms with Gasteiger partial charge in [-0.05, 0) is 44.0 Å². The Morgan fingerprint density at radius 2 is 2.03 bits per heavy atom. The molecule has 3 aromatic heterocycles. The average molecular weight is 421 g/mol. The van der Waals surface area contributed by atoms with Crippen LogP contribution in [0.1, 0.15) is 30.1 Å². The number of thioether (sulfide) groups is 1. The van der Waals surface area contributed by atoms with E-state index in [4.69, 9.17) is 4.98 Å². The molecule has 0 amide bonds. The van der Waals surface area contributed by atoms with Gasteiger partial charge in [-0.3, -0.25) is 9.55 Å². The highest BCUT2D eigenvalue weighted by Gasteiger charge is 2.30. The quantitative estimate of drug-likeness (QED) is 0.400. The summed E-state index contributed by atoms with van der Waals surface area (Å²) >= 11 is 3.31. The Balaban J connectivity index is 1.29. The van der Waals surface area contributed by atoms with Crippen molar-refractivity contribution in [2.75, 3.05) is 5.32 Å². The molecule has 0 bridgehead atoms. The zero-order valence-corrected chi connectivity index (χ0v) is 17.6. The molecule has 8 heteroatoms. The molecule has 6 nitrogen and oxygen atoms in total. The van der Waals surface area contributed by atoms with Gasteiger partial charge in [-0.25, -0.2) is 4.98 Å². The lowest BCUT2D eigenvalue weighted by Crippen LogP contribution is -2.00. The first kappa shape index (κ1) is 18.3. The highest BCUT2D eigenvalue weighted by Crippen LogP contribution is 2.41. The SMILES string of the molecule is Cc1ccc(Nc2nc(CSc3nnc(-c4cccnc4)n3C3CC3)cs2)cc1. The molecule has 0 atom stereocenters. The summed E-state index contributed by atoms with van der Waals surface area (Å²) in [5, 5.41) is 16.2. The second-order valence-electron chi connectivity index (χ2n) is 7.07. The number of benzene rings is 1. The summed E-state index contributed by atoms with van der Waals surface area (Å²) in [6.45, 7) is 2.09. The normalized spacial score (nSPS) is 13.6. The van der Waals surface area contributed by atoms with Gasteiger partial charge in [0.2, 0.25) is 0 Å². The fourth-order valence-electron chi connectivity index (χ4n) is 3.06. The van der Waals surface area contributed by atoms with Crippen LogP contribution in [0.15, 0.2) is 59.3 Å². The summed E-state index contributed by atoms with van der Waals surface area (Å²) in [7, 11) is 0.